The van der Waals surface area contributed by atoms with Crippen molar-refractivity contribution in [2.45, 2.75) is 25.8 Å². The van der Waals surface area contributed by atoms with E-state index >= 15 is 0 Å². The summed E-state index contributed by atoms with van der Waals surface area (Å²) in [5.41, 5.74) is 9.35. The lowest BCUT2D eigenvalue weighted by Crippen LogP contribution is -2.47. The Morgan fingerprint density at radius 1 is 1.00 bits per heavy atom. The Morgan fingerprint density at radius 2 is 1.69 bits per heavy atom. The molecule has 0 spiro atoms. The largest absolute Gasteiger partial charge is 0.399 e. The molecular formula is C27H25N5. The summed E-state index contributed by atoms with van der Waals surface area (Å²) in [7, 11) is 0. The number of nitrogens with two attached hydrogens (primary N) is 1. The molecule has 0 unspecified atom stereocenters. The van der Waals surface area contributed by atoms with Gasteiger partial charge in [-0.1, -0.05) is 67.6 Å². The highest BCUT2D eigenvalue weighted by Crippen LogP contribution is 2.52. The predicted molar refractivity (Wildman–Crippen MR) is 122 cm³/mol. The molecular weight excluding hydrogens is 394 g/mol. The van der Waals surface area contributed by atoms with Crippen molar-refractivity contribution in [3.05, 3.63) is 94.2 Å². The Morgan fingerprint density at radius 3 is 2.28 bits per heavy atom. The van der Waals surface area contributed by atoms with Crippen LogP contribution in [-0.4, -0.2) is 18.0 Å². The molecule has 0 aromatic heterocycles. The van der Waals surface area contributed by atoms with Gasteiger partial charge >= 0.3 is 0 Å². The molecule has 2 N–H and O–H groups in total. The van der Waals surface area contributed by atoms with Gasteiger partial charge in [-0.15, -0.1) is 0 Å². The molecule has 158 valence electrons. The molecule has 0 saturated carbocycles. The van der Waals surface area contributed by atoms with Gasteiger partial charge in [0, 0.05) is 31.5 Å². The molecule has 5 nitrogen and oxygen atoms in total. The van der Waals surface area contributed by atoms with Gasteiger partial charge in [-0.2, -0.15) is 15.8 Å². The average Bonchev–Trinajstić information content (AvgIpc) is 2.84. The quantitative estimate of drug-likeness (QED) is 0.750. The van der Waals surface area contributed by atoms with Crippen LogP contribution in [-0.2, 0) is 13.0 Å². The lowest BCUT2D eigenvalue weighted by atomic mass is 9.60. The molecule has 1 heterocycles. The maximum Gasteiger partial charge on any atom is 0.204 e. The monoisotopic (exact) mass is 419 g/mol. The van der Waals surface area contributed by atoms with Crippen LogP contribution in [0, 0.1) is 45.3 Å². The number of allylic oxidation sites excluding steroid dienone is 2. The second-order valence-electron chi connectivity index (χ2n) is 8.43. The van der Waals surface area contributed by atoms with Crippen molar-refractivity contribution < 1.29 is 0 Å². The fourth-order valence-corrected chi connectivity index (χ4v) is 5.01. The SMILES string of the molecule is CCc1ccc([C@H]2C(C#N)=C(N)C(C#N)(C#N)C3=CCN(Cc4ccccc4)C[C@@H]32)cc1. The molecule has 2 atom stereocenters. The number of aryl methyl sites for hydroxylation is 1. The number of hydrogen-bond donors (Lipinski definition) is 1. The molecule has 1 aliphatic carbocycles. The average molecular weight is 420 g/mol. The van der Waals surface area contributed by atoms with Gasteiger partial charge in [-0.25, -0.2) is 0 Å². The van der Waals surface area contributed by atoms with Crippen LogP contribution < -0.4 is 5.73 Å². The summed E-state index contributed by atoms with van der Waals surface area (Å²) in [6.07, 6.45) is 2.91. The minimum Gasteiger partial charge on any atom is -0.399 e. The number of rotatable bonds is 4. The zero-order valence-corrected chi connectivity index (χ0v) is 18.1. The van der Waals surface area contributed by atoms with Crippen molar-refractivity contribution in [1.29, 1.82) is 15.8 Å². The summed E-state index contributed by atoms with van der Waals surface area (Å²) in [4.78, 5) is 2.30. The third-order valence-corrected chi connectivity index (χ3v) is 6.72. The number of benzene rings is 2. The topological polar surface area (TPSA) is 101 Å². The molecule has 2 aromatic rings. The van der Waals surface area contributed by atoms with Gasteiger partial charge in [0.25, 0.3) is 0 Å². The standard InChI is InChI=1S/C27H25N5/c1-2-19-8-10-21(11-9-19)25-22(14-28)26(31)27(17-29,18-30)24-12-13-32(16-23(24)25)15-20-6-4-3-5-7-20/h3-12,23,25H,2,13,15-16,31H2,1H3/t23-,25-/m0/s1. The van der Waals surface area contributed by atoms with Gasteiger partial charge < -0.3 is 5.73 Å². The summed E-state index contributed by atoms with van der Waals surface area (Å²) >= 11 is 0. The Balaban J connectivity index is 1.82. The van der Waals surface area contributed by atoms with E-state index in [0.29, 0.717) is 18.7 Å². The molecule has 1 aliphatic heterocycles. The number of nitriles is 3. The van der Waals surface area contributed by atoms with E-state index in [0.717, 1.165) is 24.1 Å². The third kappa shape index (κ3) is 3.46. The normalized spacial score (nSPS) is 22.1. The number of fused-ring (bicyclic) bond motifs is 1. The Kier molecular flexibility index (Phi) is 5.83. The molecule has 4 rings (SSSR count). The molecule has 0 amide bonds. The third-order valence-electron chi connectivity index (χ3n) is 6.72. The van der Waals surface area contributed by atoms with Gasteiger partial charge in [0.05, 0.1) is 29.5 Å². The minimum atomic E-state index is -1.59. The molecule has 2 aliphatic rings. The van der Waals surface area contributed by atoms with Crippen LogP contribution >= 0.6 is 0 Å². The molecule has 0 fully saturated rings. The lowest BCUT2D eigenvalue weighted by molar-refractivity contribution is 0.218. The number of nitrogens with zero attached hydrogens (tertiary/aromatic N) is 4. The first kappa shape index (κ1) is 21.4. The zero-order chi connectivity index (χ0) is 22.7. The van der Waals surface area contributed by atoms with Gasteiger partial charge in [0.1, 0.15) is 0 Å². The van der Waals surface area contributed by atoms with Crippen molar-refractivity contribution in [2.75, 3.05) is 13.1 Å². The molecule has 32 heavy (non-hydrogen) atoms. The van der Waals surface area contributed by atoms with E-state index in [4.69, 9.17) is 5.73 Å². The van der Waals surface area contributed by atoms with Crippen molar-refractivity contribution in [3.63, 3.8) is 0 Å². The fraction of sp³-hybridized carbons (Fsp3) is 0.296. The highest BCUT2D eigenvalue weighted by Gasteiger charge is 2.52. The number of hydrogen-bond acceptors (Lipinski definition) is 5. The van der Waals surface area contributed by atoms with Crippen LogP contribution in [0.4, 0.5) is 0 Å². The van der Waals surface area contributed by atoms with E-state index in [1.807, 2.05) is 36.4 Å². The summed E-state index contributed by atoms with van der Waals surface area (Å²) in [5.74, 6) is -0.466. The van der Waals surface area contributed by atoms with Crippen molar-refractivity contribution in [2.24, 2.45) is 17.1 Å². The van der Waals surface area contributed by atoms with Crippen LogP contribution in [0.3, 0.4) is 0 Å². The molecule has 0 radical (unpaired) electrons. The van der Waals surface area contributed by atoms with Crippen LogP contribution in [0.1, 0.15) is 29.5 Å². The summed E-state index contributed by atoms with van der Waals surface area (Å²) < 4.78 is 0. The van der Waals surface area contributed by atoms with Gasteiger partial charge in [-0.3, -0.25) is 4.90 Å². The van der Waals surface area contributed by atoms with E-state index in [-0.39, 0.29) is 17.5 Å². The smallest absolute Gasteiger partial charge is 0.204 e. The van der Waals surface area contributed by atoms with Crippen LogP contribution in [0.25, 0.3) is 0 Å². The maximum atomic E-state index is 10.1. The van der Waals surface area contributed by atoms with E-state index in [9.17, 15) is 15.8 Å². The zero-order valence-electron chi connectivity index (χ0n) is 18.1. The highest BCUT2D eigenvalue weighted by molar-refractivity contribution is 5.58. The molecule has 0 saturated heterocycles. The van der Waals surface area contributed by atoms with Gasteiger partial charge in [0.2, 0.25) is 5.41 Å². The van der Waals surface area contributed by atoms with Crippen molar-refractivity contribution in [3.8, 4) is 18.2 Å². The van der Waals surface area contributed by atoms with E-state index in [1.54, 1.807) is 0 Å². The maximum absolute atomic E-state index is 10.1. The molecule has 5 heteroatoms. The van der Waals surface area contributed by atoms with Crippen LogP contribution in [0.5, 0.6) is 0 Å². The van der Waals surface area contributed by atoms with Crippen molar-refractivity contribution >= 4 is 0 Å². The molecule has 0 bridgehead atoms. The molecule has 2 aromatic carbocycles. The Hall–Kier alpha value is -3.85. The van der Waals surface area contributed by atoms with Crippen molar-refractivity contribution in [1.82, 2.24) is 4.90 Å². The Labute approximate surface area is 189 Å². The van der Waals surface area contributed by atoms with Gasteiger partial charge in [0.15, 0.2) is 0 Å². The Bertz CT molecular complexity index is 1170. The summed E-state index contributed by atoms with van der Waals surface area (Å²) in [6, 6.07) is 25.0. The predicted octanol–water partition coefficient (Wildman–Crippen LogP) is 4.17. The fourth-order valence-electron chi connectivity index (χ4n) is 5.01. The second-order valence-corrected chi connectivity index (χ2v) is 8.43. The van der Waals surface area contributed by atoms with Gasteiger partial charge in [-0.05, 0) is 28.7 Å². The highest BCUT2D eigenvalue weighted by atomic mass is 15.1. The minimum absolute atomic E-state index is 0.0774. The van der Waals surface area contributed by atoms with E-state index in [2.05, 4.69) is 54.3 Å². The van der Waals surface area contributed by atoms with Crippen LogP contribution in [0.2, 0.25) is 0 Å². The first-order valence-corrected chi connectivity index (χ1v) is 10.9. The summed E-state index contributed by atoms with van der Waals surface area (Å²) in [5, 5.41) is 30.1. The first-order chi connectivity index (χ1) is 15.6. The van der Waals surface area contributed by atoms with Crippen LogP contribution in [0.15, 0.2) is 77.5 Å². The van der Waals surface area contributed by atoms with E-state index in [1.165, 1.54) is 11.1 Å². The summed E-state index contributed by atoms with van der Waals surface area (Å²) in [6.45, 7) is 4.13. The van der Waals surface area contributed by atoms with E-state index < -0.39 is 5.41 Å². The second kappa shape index (κ2) is 8.72. The lowest BCUT2D eigenvalue weighted by Gasteiger charge is -2.45. The first-order valence-electron chi connectivity index (χ1n) is 10.9.